The van der Waals surface area contributed by atoms with Gasteiger partial charge in [-0.15, -0.1) is 6.58 Å². The van der Waals surface area contributed by atoms with Gasteiger partial charge < -0.3 is 4.43 Å². The highest BCUT2D eigenvalue weighted by atomic mass is 28.3. The van der Waals surface area contributed by atoms with Crippen LogP contribution in [0.15, 0.2) is 42.6 Å². The van der Waals surface area contributed by atoms with Gasteiger partial charge in [0.1, 0.15) is 0 Å². The Balaban J connectivity index is 2.24. The van der Waals surface area contributed by atoms with Gasteiger partial charge in [0.05, 0.1) is 0 Å². The Morgan fingerprint density at radius 1 is 1.38 bits per heavy atom. The van der Waals surface area contributed by atoms with E-state index in [4.69, 9.17) is 4.43 Å². The Morgan fingerprint density at radius 3 is 2.69 bits per heavy atom. The van der Waals surface area contributed by atoms with E-state index >= 15 is 0 Å². The third-order valence-corrected chi connectivity index (χ3v) is 3.37. The minimum Gasteiger partial charge on any atom is -0.416 e. The van der Waals surface area contributed by atoms with Crippen molar-refractivity contribution >= 4 is 9.04 Å². The van der Waals surface area contributed by atoms with Crippen molar-refractivity contribution < 1.29 is 4.43 Å². The number of rotatable bonds is 5. The van der Waals surface area contributed by atoms with Crippen molar-refractivity contribution in [1.29, 1.82) is 0 Å². The van der Waals surface area contributed by atoms with Crippen LogP contribution in [-0.2, 0) is 10.8 Å². The van der Waals surface area contributed by atoms with Gasteiger partial charge in [0.15, 0.2) is 9.04 Å². The first-order chi connectivity index (χ1) is 6.33. The molecule has 1 unspecified atom stereocenters. The fraction of sp³-hybridized carbons (Fsp3) is 0.273. The molecular formula is C11H16OSi. The molecule has 0 heterocycles. The van der Waals surface area contributed by atoms with Gasteiger partial charge in [0.25, 0.3) is 0 Å². The van der Waals surface area contributed by atoms with Crippen LogP contribution in [0.4, 0.5) is 0 Å². The van der Waals surface area contributed by atoms with E-state index in [1.54, 1.807) is 0 Å². The molecule has 0 spiro atoms. The van der Waals surface area contributed by atoms with Crippen molar-refractivity contribution in [1.82, 2.24) is 0 Å². The van der Waals surface area contributed by atoms with Crippen LogP contribution in [0.2, 0.25) is 6.55 Å². The molecule has 0 saturated carbocycles. The van der Waals surface area contributed by atoms with Crippen LogP contribution < -0.4 is 0 Å². The maximum atomic E-state index is 5.62. The zero-order chi connectivity index (χ0) is 9.52. The van der Waals surface area contributed by atoms with Gasteiger partial charge in [-0.1, -0.05) is 36.0 Å². The molecule has 0 saturated heterocycles. The third-order valence-electron chi connectivity index (χ3n) is 1.95. The van der Waals surface area contributed by atoms with Crippen molar-refractivity contribution in [2.24, 2.45) is 0 Å². The van der Waals surface area contributed by atoms with E-state index in [9.17, 15) is 0 Å². The summed E-state index contributed by atoms with van der Waals surface area (Å²) >= 11 is 0. The van der Waals surface area contributed by atoms with Crippen LogP contribution in [0.25, 0.3) is 0 Å². The fourth-order valence-corrected chi connectivity index (χ4v) is 1.70. The minimum absolute atomic E-state index is 0.823. The molecule has 0 radical (unpaired) electrons. The summed E-state index contributed by atoms with van der Waals surface area (Å²) in [6.45, 7) is 6.68. The highest BCUT2D eigenvalue weighted by Gasteiger charge is 1.97. The van der Waals surface area contributed by atoms with Crippen molar-refractivity contribution in [3.8, 4) is 0 Å². The lowest BCUT2D eigenvalue weighted by Gasteiger charge is -2.06. The predicted octanol–water partition coefficient (Wildman–Crippen LogP) is 2.32. The molecule has 1 atom stereocenters. The van der Waals surface area contributed by atoms with Crippen LogP contribution in [0.1, 0.15) is 5.56 Å². The summed E-state index contributed by atoms with van der Waals surface area (Å²) in [5.74, 6) is 0. The van der Waals surface area contributed by atoms with Gasteiger partial charge in [-0.25, -0.2) is 0 Å². The second-order valence-electron chi connectivity index (χ2n) is 3.05. The molecule has 0 bridgehead atoms. The molecule has 0 amide bonds. The minimum atomic E-state index is -1.06. The van der Waals surface area contributed by atoms with E-state index in [1.165, 1.54) is 5.56 Å². The Kier molecular flexibility index (Phi) is 4.50. The molecule has 13 heavy (non-hydrogen) atoms. The van der Waals surface area contributed by atoms with Gasteiger partial charge in [0.2, 0.25) is 0 Å². The van der Waals surface area contributed by atoms with E-state index in [0.717, 1.165) is 13.0 Å². The summed E-state index contributed by atoms with van der Waals surface area (Å²) in [6.07, 6.45) is 1.01. The first kappa shape index (κ1) is 10.2. The highest BCUT2D eigenvalue weighted by Crippen LogP contribution is 2.00. The topological polar surface area (TPSA) is 9.23 Å². The summed E-state index contributed by atoms with van der Waals surface area (Å²) < 4.78 is 5.62. The summed E-state index contributed by atoms with van der Waals surface area (Å²) in [7, 11) is -1.06. The van der Waals surface area contributed by atoms with Gasteiger partial charge in [0, 0.05) is 6.61 Å². The second-order valence-corrected chi connectivity index (χ2v) is 5.26. The van der Waals surface area contributed by atoms with Crippen LogP contribution in [0.5, 0.6) is 0 Å². The van der Waals surface area contributed by atoms with E-state index in [2.05, 4.69) is 37.4 Å². The Labute approximate surface area is 81.8 Å². The smallest absolute Gasteiger partial charge is 0.197 e. The normalized spacial score (nSPS) is 12.4. The number of hydrogen-bond acceptors (Lipinski definition) is 1. The highest BCUT2D eigenvalue weighted by molar-refractivity contribution is 6.55. The lowest BCUT2D eigenvalue weighted by molar-refractivity contribution is 0.334. The molecule has 70 valence electrons. The molecule has 0 aliphatic heterocycles. The molecule has 1 aromatic carbocycles. The largest absolute Gasteiger partial charge is 0.416 e. The Morgan fingerprint density at radius 2 is 2.08 bits per heavy atom. The van der Waals surface area contributed by atoms with Crippen LogP contribution in [0.3, 0.4) is 0 Å². The lowest BCUT2D eigenvalue weighted by Crippen LogP contribution is -2.12. The molecule has 0 aromatic heterocycles. The van der Waals surface area contributed by atoms with Gasteiger partial charge in [-0.3, -0.25) is 0 Å². The second kappa shape index (κ2) is 5.73. The molecule has 0 fully saturated rings. The third kappa shape index (κ3) is 4.06. The molecule has 0 aliphatic rings. The quantitative estimate of drug-likeness (QED) is 0.651. The zero-order valence-electron chi connectivity index (χ0n) is 8.07. The van der Waals surface area contributed by atoms with Crippen LogP contribution in [-0.4, -0.2) is 15.6 Å². The standard InChI is InChI=1S/C11H16OSi/c1-3-13(2)12-10-9-11-7-5-4-6-8-11/h3-8,13H,1,9-10H2,2H3. The molecule has 0 aliphatic carbocycles. The lowest BCUT2D eigenvalue weighted by atomic mass is 10.2. The average Bonchev–Trinajstić information content (AvgIpc) is 2.19. The predicted molar refractivity (Wildman–Crippen MR) is 59.3 cm³/mol. The van der Waals surface area contributed by atoms with E-state index in [-0.39, 0.29) is 0 Å². The summed E-state index contributed by atoms with van der Waals surface area (Å²) in [4.78, 5) is 0. The van der Waals surface area contributed by atoms with Crippen molar-refractivity contribution in [2.45, 2.75) is 13.0 Å². The molecule has 0 N–H and O–H groups in total. The fourth-order valence-electron chi connectivity index (χ4n) is 1.08. The first-order valence-electron chi connectivity index (χ1n) is 4.61. The summed E-state index contributed by atoms with van der Waals surface area (Å²) in [6, 6.07) is 10.4. The van der Waals surface area contributed by atoms with Crippen molar-refractivity contribution in [3.63, 3.8) is 0 Å². The summed E-state index contributed by atoms with van der Waals surface area (Å²) in [5.41, 5.74) is 3.29. The SMILES string of the molecule is C=C[SiH](C)OCCc1ccccc1. The van der Waals surface area contributed by atoms with Crippen molar-refractivity contribution in [3.05, 3.63) is 48.2 Å². The van der Waals surface area contributed by atoms with Crippen LogP contribution >= 0.6 is 0 Å². The molecule has 2 heteroatoms. The zero-order valence-corrected chi connectivity index (χ0v) is 9.23. The first-order valence-corrected chi connectivity index (χ1v) is 6.90. The maximum absolute atomic E-state index is 5.62. The number of benzene rings is 1. The maximum Gasteiger partial charge on any atom is 0.197 e. The Hall–Kier alpha value is -0.863. The molecule has 1 aromatic rings. The van der Waals surface area contributed by atoms with E-state index in [1.807, 2.05) is 11.8 Å². The molecule has 1 nitrogen and oxygen atoms in total. The molecular weight excluding hydrogens is 176 g/mol. The van der Waals surface area contributed by atoms with E-state index < -0.39 is 9.04 Å². The molecule has 1 rings (SSSR count). The van der Waals surface area contributed by atoms with Crippen LogP contribution in [0, 0.1) is 0 Å². The van der Waals surface area contributed by atoms with Crippen molar-refractivity contribution in [2.75, 3.05) is 6.61 Å². The van der Waals surface area contributed by atoms with Gasteiger partial charge in [-0.05, 0) is 18.5 Å². The van der Waals surface area contributed by atoms with Gasteiger partial charge >= 0.3 is 0 Å². The van der Waals surface area contributed by atoms with Gasteiger partial charge in [-0.2, -0.15) is 0 Å². The average molecular weight is 192 g/mol. The monoisotopic (exact) mass is 192 g/mol. The summed E-state index contributed by atoms with van der Waals surface area (Å²) in [5, 5.41) is 0. The Bertz CT molecular complexity index is 246. The van der Waals surface area contributed by atoms with E-state index in [0.29, 0.717) is 0 Å². The number of hydrogen-bond donors (Lipinski definition) is 0.